The summed E-state index contributed by atoms with van der Waals surface area (Å²) in [4.78, 5) is 32.4. The van der Waals surface area contributed by atoms with Gasteiger partial charge in [0, 0.05) is 25.9 Å². The highest BCUT2D eigenvalue weighted by Gasteiger charge is 2.80. The van der Waals surface area contributed by atoms with Crippen LogP contribution < -0.4 is 0 Å². The van der Waals surface area contributed by atoms with Gasteiger partial charge < -0.3 is 9.80 Å². The minimum absolute atomic E-state index is 0.0904. The number of nitrogens with zero attached hydrogens (tertiary/aromatic N) is 4. The Bertz CT molecular complexity index is 997. The molecular formula is C16H16N4O2S4. The van der Waals surface area contributed by atoms with E-state index in [-0.39, 0.29) is 11.8 Å². The summed E-state index contributed by atoms with van der Waals surface area (Å²) in [5, 5.41) is 9.99. The van der Waals surface area contributed by atoms with Crippen LogP contribution in [0.5, 0.6) is 0 Å². The molecule has 6 nitrogen and oxygen atoms in total. The summed E-state index contributed by atoms with van der Waals surface area (Å²) in [5.74, 6) is -0.195. The number of aromatic nitrogens is 1. The third-order valence-corrected chi connectivity index (χ3v) is 13.9. The van der Waals surface area contributed by atoms with Crippen molar-refractivity contribution in [2.75, 3.05) is 7.05 Å². The molecule has 10 heteroatoms. The van der Waals surface area contributed by atoms with Gasteiger partial charge in [0.25, 0.3) is 11.8 Å². The summed E-state index contributed by atoms with van der Waals surface area (Å²) < 4.78 is 0. The van der Waals surface area contributed by atoms with Crippen LogP contribution in [0, 0.1) is 16.7 Å². The van der Waals surface area contributed by atoms with Gasteiger partial charge in [0.2, 0.25) is 0 Å². The standard InChI is InChI=1S/C16H16N4O2S4/c1-14(9-17)8-16-13(22)19(3)15(2,26(16)25-24-23)12(21)20(16)11(14)10-5-4-6-18-7-10/h4-7,11H,8H2,1-3H3/t11-,14+,15?,16-,26?/m0/s1. The number of piperazine rings is 1. The predicted octanol–water partition coefficient (Wildman–Crippen LogP) is 0.858. The quantitative estimate of drug-likeness (QED) is 0.668. The van der Waals surface area contributed by atoms with Gasteiger partial charge in [-0.15, -0.1) is 0 Å². The summed E-state index contributed by atoms with van der Waals surface area (Å²) in [6.45, 7) is 3.66. The van der Waals surface area contributed by atoms with Crippen LogP contribution in [0.1, 0.15) is 31.9 Å². The number of fused-ring (bicyclic) bond motifs is 1. The fourth-order valence-electron chi connectivity index (χ4n) is 4.53. The molecule has 0 saturated carbocycles. The van der Waals surface area contributed by atoms with Gasteiger partial charge in [-0.25, -0.2) is 0 Å². The summed E-state index contributed by atoms with van der Waals surface area (Å²) in [6, 6.07) is 5.56. The Labute approximate surface area is 164 Å². The number of nitriles is 1. The molecular weight excluding hydrogens is 408 g/mol. The van der Waals surface area contributed by atoms with E-state index in [0.717, 1.165) is 14.4 Å². The fourth-order valence-corrected chi connectivity index (χ4v) is 13.5. The smallest absolute Gasteiger partial charge is 0.261 e. The number of pyridine rings is 1. The van der Waals surface area contributed by atoms with E-state index in [2.05, 4.69) is 11.1 Å². The average molecular weight is 425 g/mol. The Morgan fingerprint density at radius 2 is 2.15 bits per heavy atom. The Morgan fingerprint density at radius 3 is 2.73 bits per heavy atom. The third-order valence-electron chi connectivity index (χ3n) is 5.77. The van der Waals surface area contributed by atoms with E-state index in [4.69, 9.17) is 11.2 Å². The maximum Gasteiger partial charge on any atom is 0.261 e. The topological polar surface area (TPSA) is 77.3 Å². The average Bonchev–Trinajstić information content (AvgIpc) is 3.08. The highest BCUT2D eigenvalue weighted by Crippen LogP contribution is 2.64. The van der Waals surface area contributed by atoms with Gasteiger partial charge in [-0.2, -0.15) is 5.26 Å². The molecule has 0 radical (unpaired) electrons. The zero-order chi connectivity index (χ0) is 18.9. The molecule has 0 N–H and O–H groups in total. The molecule has 4 heterocycles. The van der Waals surface area contributed by atoms with Gasteiger partial charge in [0.15, 0.2) is 9.74 Å². The summed E-state index contributed by atoms with van der Waals surface area (Å²) >= 11 is 5.10. The van der Waals surface area contributed by atoms with Crippen molar-refractivity contribution in [3.05, 3.63) is 30.1 Å². The second-order valence-electron chi connectivity index (χ2n) is 7.11. The molecule has 0 aromatic carbocycles. The Morgan fingerprint density at radius 1 is 1.42 bits per heavy atom. The van der Waals surface area contributed by atoms with Crippen molar-refractivity contribution in [3.63, 3.8) is 0 Å². The van der Waals surface area contributed by atoms with Crippen molar-refractivity contribution in [1.82, 2.24) is 14.8 Å². The predicted molar refractivity (Wildman–Crippen MR) is 106 cm³/mol. The molecule has 0 aliphatic carbocycles. The minimum atomic E-state index is -1.01. The Balaban J connectivity index is 2.06. The zero-order valence-corrected chi connectivity index (χ0v) is 17.6. The number of hydrogen-bond donors (Lipinski definition) is 0. The Kier molecular flexibility index (Phi) is 3.83. The molecule has 26 heavy (non-hydrogen) atoms. The van der Waals surface area contributed by atoms with Gasteiger partial charge in [-0.3, -0.25) is 14.6 Å². The lowest BCUT2D eigenvalue weighted by molar-refractivity contribution is -0.159. The maximum atomic E-state index is 13.5. The van der Waals surface area contributed by atoms with Crippen molar-refractivity contribution >= 4 is 50.2 Å². The minimum Gasteiger partial charge on any atom is -0.320 e. The largest absolute Gasteiger partial charge is 0.320 e. The molecule has 3 fully saturated rings. The van der Waals surface area contributed by atoms with E-state index in [1.165, 1.54) is 8.88 Å². The first-order chi connectivity index (χ1) is 12.3. The van der Waals surface area contributed by atoms with E-state index in [0.29, 0.717) is 6.42 Å². The summed E-state index contributed by atoms with van der Waals surface area (Å²) in [7, 11) is 3.58. The van der Waals surface area contributed by atoms with E-state index < -0.39 is 30.7 Å². The van der Waals surface area contributed by atoms with E-state index in [9.17, 15) is 14.9 Å². The fraction of sp³-hybridized carbons (Fsp3) is 0.500. The van der Waals surface area contributed by atoms with Crippen molar-refractivity contribution in [2.45, 2.75) is 36.1 Å². The van der Waals surface area contributed by atoms with Crippen molar-refractivity contribution in [2.24, 2.45) is 5.41 Å². The van der Waals surface area contributed by atoms with Crippen LogP contribution in [0.15, 0.2) is 24.5 Å². The second-order valence-corrected chi connectivity index (χ2v) is 13.7. The highest BCUT2D eigenvalue weighted by molar-refractivity contribution is 8.59. The Hall–Kier alpha value is -1.41. The molecule has 1 aromatic heterocycles. The van der Waals surface area contributed by atoms with Gasteiger partial charge in [-0.05, 0) is 63.9 Å². The van der Waals surface area contributed by atoms with Gasteiger partial charge in [0.05, 0.1) is 17.5 Å². The van der Waals surface area contributed by atoms with Crippen LogP contribution in [0.2, 0.25) is 0 Å². The van der Waals surface area contributed by atoms with Gasteiger partial charge in [-0.1, -0.05) is 6.07 Å². The van der Waals surface area contributed by atoms with E-state index >= 15 is 0 Å². The lowest BCUT2D eigenvalue weighted by Crippen LogP contribution is -2.60. The lowest BCUT2D eigenvalue weighted by Gasteiger charge is -2.39. The maximum absolute atomic E-state index is 13.5. The first-order valence-corrected chi connectivity index (χ1v) is 12.8. The molecule has 3 saturated heterocycles. The first-order valence-electron chi connectivity index (χ1n) is 7.93. The monoisotopic (exact) mass is 424 g/mol. The molecule has 2 unspecified atom stereocenters. The summed E-state index contributed by atoms with van der Waals surface area (Å²) in [6.07, 6.45) is 3.65. The molecule has 1 aromatic rings. The normalized spacial score (nSPS) is 40.5. The van der Waals surface area contributed by atoms with Gasteiger partial charge in [0.1, 0.15) is 0 Å². The molecule has 4 rings (SSSR count). The van der Waals surface area contributed by atoms with Crippen LogP contribution in [-0.2, 0) is 48.0 Å². The van der Waals surface area contributed by atoms with E-state index in [1.807, 2.05) is 19.9 Å². The van der Waals surface area contributed by atoms with Crippen molar-refractivity contribution in [3.8, 4) is 6.07 Å². The highest BCUT2D eigenvalue weighted by atomic mass is 33.2. The molecule has 1 spiro atoms. The third kappa shape index (κ3) is 1.80. The van der Waals surface area contributed by atoms with Gasteiger partial charge >= 0.3 is 0 Å². The molecule has 3 aliphatic heterocycles. The van der Waals surface area contributed by atoms with E-state index in [1.54, 1.807) is 35.3 Å². The lowest BCUT2D eigenvalue weighted by atomic mass is 9.80. The van der Waals surface area contributed by atoms with Crippen LogP contribution in [0.25, 0.3) is 0 Å². The zero-order valence-electron chi connectivity index (χ0n) is 14.3. The number of amides is 2. The number of carbonyl (C=O) groups excluding carboxylic acids is 2. The number of hydrogen-bond acceptors (Lipinski definition) is 5. The first kappa shape index (κ1) is 18.0. The molecule has 136 valence electrons. The number of rotatable bonds is 1. The molecule has 3 aliphatic rings. The van der Waals surface area contributed by atoms with Crippen molar-refractivity contribution in [1.29, 1.82) is 5.26 Å². The van der Waals surface area contributed by atoms with Crippen molar-refractivity contribution < 1.29 is 9.59 Å². The SMILES string of the molecule is CN1C(=O)[C@@]23C[C@](C)(C#N)[C@H](c4cccnc4)N2C(=O)C1(C)S3=S=S=S. The van der Waals surface area contributed by atoms with Crippen LogP contribution in [0.4, 0.5) is 0 Å². The number of carbonyl (C=O) groups is 2. The molecule has 5 atom stereocenters. The molecule has 2 bridgehead atoms. The molecule has 2 amide bonds. The second kappa shape index (κ2) is 5.55. The van der Waals surface area contributed by atoms with Crippen LogP contribution >= 0.6 is 0 Å². The number of likely N-dealkylation sites (N-methyl/N-ethyl adjacent to an activating group) is 1. The summed E-state index contributed by atoms with van der Waals surface area (Å²) in [5.41, 5.74) is -0.0911. The van der Waals surface area contributed by atoms with Crippen LogP contribution in [0.3, 0.4) is 0 Å². The van der Waals surface area contributed by atoms with Crippen LogP contribution in [-0.4, -0.2) is 43.4 Å².